The summed E-state index contributed by atoms with van der Waals surface area (Å²) in [5, 5.41) is 5.02. The molecule has 0 spiro atoms. The first-order valence-electron chi connectivity index (χ1n) is 9.96. The van der Waals surface area contributed by atoms with Gasteiger partial charge < -0.3 is 10.3 Å². The van der Waals surface area contributed by atoms with Crippen molar-refractivity contribution in [2.75, 3.05) is 5.32 Å². The number of ketones is 1. The summed E-state index contributed by atoms with van der Waals surface area (Å²) < 4.78 is 0. The van der Waals surface area contributed by atoms with Gasteiger partial charge in [-0.1, -0.05) is 18.2 Å². The number of carbonyl (C=O) groups is 2. The first-order chi connectivity index (χ1) is 14.1. The van der Waals surface area contributed by atoms with Crippen molar-refractivity contribution >= 4 is 39.2 Å². The fraction of sp³-hybridized carbons (Fsp3) is 0.208. The zero-order valence-electron chi connectivity index (χ0n) is 16.2. The van der Waals surface area contributed by atoms with Crippen molar-refractivity contribution in [1.82, 2.24) is 9.97 Å². The maximum atomic E-state index is 13.4. The molecule has 5 nitrogen and oxygen atoms in total. The van der Waals surface area contributed by atoms with Crippen molar-refractivity contribution in [3.8, 4) is 0 Å². The average molecular weight is 383 g/mol. The summed E-state index contributed by atoms with van der Waals surface area (Å²) in [4.78, 5) is 32.9. The molecule has 2 heterocycles. The van der Waals surface area contributed by atoms with Gasteiger partial charge in [-0.3, -0.25) is 9.59 Å². The molecule has 0 unspecified atom stereocenters. The van der Waals surface area contributed by atoms with Crippen molar-refractivity contribution in [3.63, 3.8) is 0 Å². The number of nitrogens with zero attached hydrogens (tertiary/aromatic N) is 1. The van der Waals surface area contributed by atoms with Gasteiger partial charge in [-0.05, 0) is 61.6 Å². The third-order valence-electron chi connectivity index (χ3n) is 5.61. The fourth-order valence-electron chi connectivity index (χ4n) is 4.32. The van der Waals surface area contributed by atoms with Gasteiger partial charge in [0, 0.05) is 40.2 Å². The van der Waals surface area contributed by atoms with Crippen LogP contribution in [-0.2, 0) is 17.6 Å². The number of H-pyrrole nitrogens is 1. The number of para-hydroxylation sites is 1. The molecule has 0 fully saturated rings. The molecule has 0 atom stereocenters. The van der Waals surface area contributed by atoms with Crippen molar-refractivity contribution < 1.29 is 9.59 Å². The molecule has 29 heavy (non-hydrogen) atoms. The van der Waals surface area contributed by atoms with Crippen LogP contribution in [0.2, 0.25) is 0 Å². The Kier molecular flexibility index (Phi) is 4.16. The Morgan fingerprint density at radius 1 is 1.00 bits per heavy atom. The lowest BCUT2D eigenvalue weighted by molar-refractivity contribution is -0.114. The summed E-state index contributed by atoms with van der Waals surface area (Å²) >= 11 is 0. The number of rotatable bonds is 3. The number of aryl methyl sites for hydroxylation is 2. The van der Waals surface area contributed by atoms with E-state index in [-0.39, 0.29) is 11.7 Å². The molecular weight excluding hydrogens is 362 g/mol. The average Bonchev–Trinajstić information content (AvgIpc) is 3.13. The molecule has 1 aliphatic rings. The summed E-state index contributed by atoms with van der Waals surface area (Å²) in [6.45, 7) is 1.46. The van der Waals surface area contributed by atoms with Gasteiger partial charge in [0.1, 0.15) is 5.69 Å². The number of aromatic amines is 1. The molecule has 0 radical (unpaired) electrons. The third-order valence-corrected chi connectivity index (χ3v) is 5.61. The van der Waals surface area contributed by atoms with Crippen LogP contribution in [0.4, 0.5) is 5.69 Å². The summed E-state index contributed by atoms with van der Waals surface area (Å²) in [6.07, 6.45) is 4.17. The highest BCUT2D eigenvalue weighted by atomic mass is 16.1. The summed E-state index contributed by atoms with van der Waals surface area (Å²) in [6, 6.07) is 15.2. The highest BCUT2D eigenvalue weighted by molar-refractivity contribution is 6.20. The fourth-order valence-corrected chi connectivity index (χ4v) is 4.32. The minimum Gasteiger partial charge on any atom is -0.353 e. The lowest BCUT2D eigenvalue weighted by Gasteiger charge is -2.17. The van der Waals surface area contributed by atoms with Crippen LogP contribution >= 0.6 is 0 Å². The minimum absolute atomic E-state index is 0.107. The number of benzene rings is 2. The van der Waals surface area contributed by atoms with Crippen LogP contribution in [0.15, 0.2) is 48.5 Å². The van der Waals surface area contributed by atoms with Gasteiger partial charge in [-0.25, -0.2) is 4.98 Å². The van der Waals surface area contributed by atoms with Gasteiger partial charge in [-0.2, -0.15) is 0 Å². The molecule has 144 valence electrons. The first-order valence-corrected chi connectivity index (χ1v) is 9.96. The number of hydrogen-bond acceptors (Lipinski definition) is 3. The van der Waals surface area contributed by atoms with Gasteiger partial charge in [0.25, 0.3) is 0 Å². The molecule has 1 aliphatic carbocycles. The SMILES string of the molecule is CC(=O)Nc1ccc(C(=O)c2nc3c(c4c2[nH]c2ccccc24)CCCC3)cc1. The van der Waals surface area contributed by atoms with Gasteiger partial charge in [-0.15, -0.1) is 0 Å². The van der Waals surface area contributed by atoms with Crippen LogP contribution in [-0.4, -0.2) is 21.7 Å². The Bertz CT molecular complexity index is 1270. The van der Waals surface area contributed by atoms with Crippen molar-refractivity contribution in [2.24, 2.45) is 0 Å². The van der Waals surface area contributed by atoms with E-state index in [0.29, 0.717) is 16.9 Å². The summed E-state index contributed by atoms with van der Waals surface area (Å²) in [7, 11) is 0. The lowest BCUT2D eigenvalue weighted by atomic mass is 9.91. The number of anilines is 1. The van der Waals surface area contributed by atoms with Crippen LogP contribution in [0.1, 0.15) is 47.1 Å². The first kappa shape index (κ1) is 17.6. The second kappa shape index (κ2) is 6.85. The van der Waals surface area contributed by atoms with E-state index in [2.05, 4.69) is 16.4 Å². The summed E-state index contributed by atoms with van der Waals surface area (Å²) in [5.74, 6) is -0.246. The molecule has 0 saturated heterocycles. The van der Waals surface area contributed by atoms with E-state index in [4.69, 9.17) is 4.98 Å². The topological polar surface area (TPSA) is 74.8 Å². The Labute approximate surface area is 168 Å². The highest BCUT2D eigenvalue weighted by Gasteiger charge is 2.24. The minimum atomic E-state index is -0.139. The van der Waals surface area contributed by atoms with Crippen LogP contribution in [0.5, 0.6) is 0 Å². The summed E-state index contributed by atoms with van der Waals surface area (Å²) in [5.41, 5.74) is 5.88. The Balaban J connectivity index is 1.68. The van der Waals surface area contributed by atoms with Crippen LogP contribution in [0.3, 0.4) is 0 Å². The molecule has 5 rings (SSSR count). The van der Waals surface area contributed by atoms with Gasteiger partial charge in [0.05, 0.1) is 5.52 Å². The number of hydrogen-bond donors (Lipinski definition) is 2. The van der Waals surface area contributed by atoms with Crippen LogP contribution < -0.4 is 5.32 Å². The van der Waals surface area contributed by atoms with Gasteiger partial charge >= 0.3 is 0 Å². The smallest absolute Gasteiger partial charge is 0.221 e. The second-order valence-corrected chi connectivity index (χ2v) is 7.60. The third kappa shape index (κ3) is 2.99. The van der Waals surface area contributed by atoms with E-state index in [1.165, 1.54) is 12.5 Å². The standard InChI is InChI=1S/C24H21N3O2/c1-14(28)25-16-12-10-15(11-13-16)24(29)23-22-21(17-6-2-4-8-19(17)26-22)18-7-3-5-9-20(18)27-23/h2,4,6,8,10-13,26H,3,5,7,9H2,1H3,(H,25,28). The predicted octanol–water partition coefficient (Wildman–Crippen LogP) is 4.78. The number of fused-ring (bicyclic) bond motifs is 5. The molecule has 2 aromatic heterocycles. The van der Waals surface area contributed by atoms with E-state index < -0.39 is 0 Å². The van der Waals surface area contributed by atoms with Gasteiger partial charge in [0.2, 0.25) is 11.7 Å². The molecule has 4 aromatic rings. The monoisotopic (exact) mass is 383 g/mol. The maximum Gasteiger partial charge on any atom is 0.221 e. The van der Waals surface area contributed by atoms with Crippen molar-refractivity contribution in [1.29, 1.82) is 0 Å². The molecule has 2 aromatic carbocycles. The molecule has 0 aliphatic heterocycles. The molecule has 1 amide bonds. The van der Waals surface area contributed by atoms with Crippen LogP contribution in [0.25, 0.3) is 21.8 Å². The lowest BCUT2D eigenvalue weighted by Crippen LogP contribution is -2.13. The Morgan fingerprint density at radius 2 is 1.76 bits per heavy atom. The van der Waals surface area contributed by atoms with Gasteiger partial charge in [0.15, 0.2) is 0 Å². The zero-order chi connectivity index (χ0) is 20.0. The number of amides is 1. The van der Waals surface area contributed by atoms with E-state index in [0.717, 1.165) is 53.2 Å². The number of aromatic nitrogens is 2. The number of pyridine rings is 1. The molecule has 0 saturated carbocycles. The van der Waals surface area contributed by atoms with Crippen LogP contribution in [0, 0.1) is 0 Å². The highest BCUT2D eigenvalue weighted by Crippen LogP contribution is 2.35. The van der Waals surface area contributed by atoms with E-state index >= 15 is 0 Å². The zero-order valence-corrected chi connectivity index (χ0v) is 16.2. The maximum absolute atomic E-state index is 13.4. The molecule has 5 heteroatoms. The van der Waals surface area contributed by atoms with E-state index in [1.54, 1.807) is 24.3 Å². The number of carbonyl (C=O) groups excluding carboxylic acids is 2. The van der Waals surface area contributed by atoms with Crippen molar-refractivity contribution in [3.05, 3.63) is 71.0 Å². The van der Waals surface area contributed by atoms with Crippen molar-refractivity contribution in [2.45, 2.75) is 32.6 Å². The Hall–Kier alpha value is -3.47. The van der Waals surface area contributed by atoms with E-state index in [9.17, 15) is 9.59 Å². The Morgan fingerprint density at radius 3 is 2.55 bits per heavy atom. The predicted molar refractivity (Wildman–Crippen MR) is 114 cm³/mol. The van der Waals surface area contributed by atoms with E-state index in [1.807, 2.05) is 18.2 Å². The number of nitrogens with one attached hydrogen (secondary N) is 2. The molecule has 2 N–H and O–H groups in total. The quantitative estimate of drug-likeness (QED) is 0.500. The largest absolute Gasteiger partial charge is 0.353 e. The molecule has 0 bridgehead atoms. The normalized spacial score (nSPS) is 13.4. The second-order valence-electron chi connectivity index (χ2n) is 7.60. The molecular formula is C24H21N3O2.